The summed E-state index contributed by atoms with van der Waals surface area (Å²) in [7, 11) is 0. The number of carbonyl (C=O) groups is 3. The molecule has 4 saturated carbocycles. The van der Waals surface area contributed by atoms with Crippen LogP contribution in [-0.4, -0.2) is 58.6 Å². The zero-order valence-corrected chi connectivity index (χ0v) is 28.6. The van der Waals surface area contributed by atoms with E-state index in [2.05, 4.69) is 20.8 Å². The molecule has 0 saturated heterocycles. The number of aliphatic hydroxyl groups excluding tert-OH is 2. The van der Waals surface area contributed by atoms with Crippen LogP contribution in [0, 0.1) is 52.3 Å². The standard InChI is InChI=1S/C36H60O8/c1-9-21(2)33(41)43-24-14-16-35(7)23(18-24)19-28(37)32-26-12-11-25(36(26,8)29(38)20-27(32)35)22(3)10-13-30(39)42-17-15-31(40)44-34(4,5)6/h21-29,32,37-38H,9-20H2,1-8H3/t21?,22?,23?,24?,25?,26?,27?,28?,29?,32?,35-,36+/m0/s1. The Balaban J connectivity index is 1.35. The maximum Gasteiger partial charge on any atom is 0.309 e. The minimum absolute atomic E-state index is 0.0122. The molecule has 2 N–H and O–H groups in total. The Bertz CT molecular complexity index is 1040. The number of fused-ring (bicyclic) bond motifs is 5. The molecule has 0 heterocycles. The maximum absolute atomic E-state index is 12.5. The summed E-state index contributed by atoms with van der Waals surface area (Å²) in [5.41, 5.74) is -0.863. The molecule has 12 atom stereocenters. The number of hydrogen-bond acceptors (Lipinski definition) is 8. The number of rotatable bonds is 10. The summed E-state index contributed by atoms with van der Waals surface area (Å²) < 4.78 is 16.5. The second-order valence-corrected chi connectivity index (χ2v) is 16.3. The first-order chi connectivity index (χ1) is 20.5. The number of ether oxygens (including phenoxy) is 3. The lowest BCUT2D eigenvalue weighted by atomic mass is 9.43. The first-order valence-corrected chi connectivity index (χ1v) is 17.4. The van der Waals surface area contributed by atoms with Crippen molar-refractivity contribution in [2.45, 2.75) is 150 Å². The van der Waals surface area contributed by atoms with E-state index >= 15 is 0 Å². The van der Waals surface area contributed by atoms with Crippen LogP contribution in [0.5, 0.6) is 0 Å². The van der Waals surface area contributed by atoms with Gasteiger partial charge in [0.15, 0.2) is 0 Å². The van der Waals surface area contributed by atoms with Gasteiger partial charge in [0.1, 0.15) is 18.3 Å². The lowest BCUT2D eigenvalue weighted by molar-refractivity contribution is -0.210. The first kappa shape index (κ1) is 35.2. The van der Waals surface area contributed by atoms with Crippen LogP contribution in [-0.2, 0) is 28.6 Å². The minimum Gasteiger partial charge on any atom is -0.465 e. The Hall–Kier alpha value is -1.67. The van der Waals surface area contributed by atoms with Gasteiger partial charge in [0.2, 0.25) is 0 Å². The Labute approximate surface area is 265 Å². The zero-order chi connectivity index (χ0) is 32.6. The summed E-state index contributed by atoms with van der Waals surface area (Å²) in [6.45, 7) is 16.1. The van der Waals surface area contributed by atoms with E-state index in [-0.39, 0.29) is 95.7 Å². The molecule has 0 aliphatic heterocycles. The second-order valence-electron chi connectivity index (χ2n) is 16.3. The summed E-state index contributed by atoms with van der Waals surface area (Å²) >= 11 is 0. The van der Waals surface area contributed by atoms with E-state index in [1.54, 1.807) is 0 Å². The molecular weight excluding hydrogens is 560 g/mol. The third kappa shape index (κ3) is 7.16. The average molecular weight is 621 g/mol. The van der Waals surface area contributed by atoms with Crippen LogP contribution in [0.15, 0.2) is 0 Å². The van der Waals surface area contributed by atoms with E-state index < -0.39 is 17.8 Å². The van der Waals surface area contributed by atoms with Crippen LogP contribution in [0.4, 0.5) is 0 Å². The molecule has 0 bridgehead atoms. The molecule has 0 aromatic heterocycles. The Kier molecular flexibility index (Phi) is 10.9. The van der Waals surface area contributed by atoms with Crippen LogP contribution in [0.1, 0.15) is 126 Å². The molecule has 0 amide bonds. The molecule has 44 heavy (non-hydrogen) atoms. The Morgan fingerprint density at radius 3 is 2.30 bits per heavy atom. The second kappa shape index (κ2) is 13.6. The molecule has 4 rings (SSSR count). The van der Waals surface area contributed by atoms with Crippen molar-refractivity contribution in [2.24, 2.45) is 52.3 Å². The van der Waals surface area contributed by atoms with Gasteiger partial charge in [0.25, 0.3) is 0 Å². The molecule has 10 unspecified atom stereocenters. The predicted molar refractivity (Wildman–Crippen MR) is 167 cm³/mol. The highest BCUT2D eigenvalue weighted by molar-refractivity contribution is 5.72. The normalized spacial score (nSPS) is 39.7. The highest BCUT2D eigenvalue weighted by Gasteiger charge is 2.65. The maximum atomic E-state index is 12.5. The van der Waals surface area contributed by atoms with E-state index in [9.17, 15) is 24.6 Å². The van der Waals surface area contributed by atoms with Gasteiger partial charge in [-0.25, -0.2) is 0 Å². The van der Waals surface area contributed by atoms with Crippen LogP contribution >= 0.6 is 0 Å². The quantitative estimate of drug-likeness (QED) is 0.218. The summed E-state index contributed by atoms with van der Waals surface area (Å²) in [4.78, 5) is 36.9. The number of carbonyl (C=O) groups excluding carboxylic acids is 3. The molecule has 0 aromatic rings. The number of aliphatic hydroxyl groups is 2. The van der Waals surface area contributed by atoms with E-state index in [0.717, 1.165) is 44.9 Å². The van der Waals surface area contributed by atoms with Gasteiger partial charge in [0.05, 0.1) is 24.5 Å². The minimum atomic E-state index is -0.564. The van der Waals surface area contributed by atoms with Crippen molar-refractivity contribution in [3.8, 4) is 0 Å². The van der Waals surface area contributed by atoms with Crippen LogP contribution < -0.4 is 0 Å². The highest BCUT2D eigenvalue weighted by atomic mass is 16.6. The van der Waals surface area contributed by atoms with E-state index in [0.29, 0.717) is 12.8 Å². The van der Waals surface area contributed by atoms with Crippen LogP contribution in [0.25, 0.3) is 0 Å². The predicted octanol–water partition coefficient (Wildman–Crippen LogP) is 6.24. The zero-order valence-electron chi connectivity index (χ0n) is 28.6. The third-order valence-corrected chi connectivity index (χ3v) is 12.6. The summed E-state index contributed by atoms with van der Waals surface area (Å²) in [6.07, 6.45) is 6.77. The summed E-state index contributed by atoms with van der Waals surface area (Å²) in [5.74, 6) is 0.481. The van der Waals surface area contributed by atoms with Crippen molar-refractivity contribution in [3.05, 3.63) is 0 Å². The molecule has 0 radical (unpaired) electrons. The highest BCUT2D eigenvalue weighted by Crippen LogP contribution is 2.68. The summed E-state index contributed by atoms with van der Waals surface area (Å²) in [6, 6.07) is 0. The topological polar surface area (TPSA) is 119 Å². The lowest BCUT2D eigenvalue weighted by Gasteiger charge is -2.63. The van der Waals surface area contributed by atoms with Crippen LogP contribution in [0.2, 0.25) is 0 Å². The van der Waals surface area contributed by atoms with Gasteiger partial charge >= 0.3 is 17.9 Å². The molecular formula is C36H60O8. The average Bonchev–Trinajstić information content (AvgIpc) is 3.30. The van der Waals surface area contributed by atoms with Gasteiger partial charge in [-0.05, 0) is 125 Å². The Morgan fingerprint density at radius 2 is 1.64 bits per heavy atom. The fourth-order valence-corrected chi connectivity index (χ4v) is 9.93. The van der Waals surface area contributed by atoms with E-state index in [1.807, 2.05) is 34.6 Å². The van der Waals surface area contributed by atoms with Crippen molar-refractivity contribution < 1.29 is 38.8 Å². The molecule has 8 nitrogen and oxygen atoms in total. The number of hydrogen-bond donors (Lipinski definition) is 2. The van der Waals surface area contributed by atoms with Gasteiger partial charge < -0.3 is 24.4 Å². The van der Waals surface area contributed by atoms with Gasteiger partial charge in [-0.3, -0.25) is 14.4 Å². The first-order valence-electron chi connectivity index (χ1n) is 17.4. The SMILES string of the molecule is CCC(C)C(=O)OC1CC[C@@]2(C)C(C1)CC(O)C1C2CC(O)[C@]2(C)C(C(C)CCC(=O)OCCC(=O)OC(C)(C)C)CCC12. The molecule has 0 spiro atoms. The largest absolute Gasteiger partial charge is 0.465 e. The molecule has 4 aliphatic rings. The van der Waals surface area contributed by atoms with Crippen molar-refractivity contribution in [1.29, 1.82) is 0 Å². The molecule has 0 aromatic carbocycles. The van der Waals surface area contributed by atoms with Gasteiger partial charge in [-0.15, -0.1) is 0 Å². The van der Waals surface area contributed by atoms with Gasteiger partial charge in [-0.1, -0.05) is 34.6 Å². The summed E-state index contributed by atoms with van der Waals surface area (Å²) in [5, 5.41) is 23.6. The third-order valence-electron chi connectivity index (χ3n) is 12.6. The smallest absolute Gasteiger partial charge is 0.309 e. The fourth-order valence-electron chi connectivity index (χ4n) is 9.93. The molecule has 4 fully saturated rings. The molecule has 252 valence electrons. The van der Waals surface area contributed by atoms with Gasteiger partial charge in [-0.2, -0.15) is 0 Å². The molecule has 8 heteroatoms. The molecule has 4 aliphatic carbocycles. The van der Waals surface area contributed by atoms with Gasteiger partial charge in [0, 0.05) is 6.42 Å². The van der Waals surface area contributed by atoms with E-state index in [1.165, 1.54) is 0 Å². The number of esters is 3. The van der Waals surface area contributed by atoms with Crippen LogP contribution in [0.3, 0.4) is 0 Å². The van der Waals surface area contributed by atoms with Crippen molar-refractivity contribution in [3.63, 3.8) is 0 Å². The van der Waals surface area contributed by atoms with E-state index in [4.69, 9.17) is 14.2 Å². The Morgan fingerprint density at radius 1 is 0.932 bits per heavy atom. The monoisotopic (exact) mass is 620 g/mol. The van der Waals surface area contributed by atoms with Crippen molar-refractivity contribution in [1.82, 2.24) is 0 Å². The van der Waals surface area contributed by atoms with Crippen molar-refractivity contribution >= 4 is 17.9 Å². The lowest BCUT2D eigenvalue weighted by Crippen LogP contribution is -2.62. The fraction of sp³-hybridized carbons (Fsp3) is 0.917. The van der Waals surface area contributed by atoms with Crippen molar-refractivity contribution in [2.75, 3.05) is 6.61 Å².